The molecule has 2 atom stereocenters. The van der Waals surface area contributed by atoms with Gasteiger partial charge in [-0.1, -0.05) is 18.2 Å². The lowest BCUT2D eigenvalue weighted by molar-refractivity contribution is 0.176. The molecule has 2 aliphatic rings. The highest BCUT2D eigenvalue weighted by Gasteiger charge is 2.24. The molecule has 0 amide bonds. The Morgan fingerprint density at radius 1 is 0.778 bits per heavy atom. The number of benzene rings is 1. The summed E-state index contributed by atoms with van der Waals surface area (Å²) < 4.78 is 11.4. The summed E-state index contributed by atoms with van der Waals surface area (Å²) in [5.41, 5.74) is 0.953. The number of para-hydroxylation sites is 1. The molecule has 2 fully saturated rings. The number of hydrogen-bond acceptors (Lipinski definition) is 6. The first kappa shape index (κ1) is 20.7. The van der Waals surface area contributed by atoms with E-state index in [1.54, 1.807) is 6.07 Å². The van der Waals surface area contributed by atoms with Gasteiger partial charge in [0, 0.05) is 77.6 Å². The minimum Gasteiger partial charge on any atom is -0.508 e. The van der Waals surface area contributed by atoms with Crippen LogP contribution in [-0.4, -0.2) is 106 Å². The van der Waals surface area contributed by atoms with Crippen LogP contribution in [0.4, 0.5) is 0 Å². The third kappa shape index (κ3) is 6.84. The van der Waals surface area contributed by atoms with Gasteiger partial charge in [0.15, 0.2) is 0 Å². The Morgan fingerprint density at radius 2 is 1.26 bits per heavy atom. The largest absolute Gasteiger partial charge is 0.508 e. The fourth-order valence-electron chi connectivity index (χ4n) is 3.75. The third-order valence-electron chi connectivity index (χ3n) is 5.43. The first-order valence-corrected chi connectivity index (χ1v) is 11.4. The highest BCUT2D eigenvalue weighted by molar-refractivity contribution is 7.51. The van der Waals surface area contributed by atoms with Crippen molar-refractivity contribution < 1.29 is 19.5 Å². The van der Waals surface area contributed by atoms with Gasteiger partial charge in [0.05, 0.1) is 0 Å². The summed E-state index contributed by atoms with van der Waals surface area (Å²) in [6.07, 6.45) is -0.159. The summed E-state index contributed by atoms with van der Waals surface area (Å²) in [5, 5.41) is 10.1. The Hall–Kier alpha value is -0.990. The summed E-state index contributed by atoms with van der Waals surface area (Å²) in [6, 6.07) is 7.51. The SMILES string of the molecule is O=P(O)(O)CN1CCN2CCN(CCN(Cc3ccccc3O)CC2)CC1. The van der Waals surface area contributed by atoms with Crippen LogP contribution in [-0.2, 0) is 11.1 Å². The lowest BCUT2D eigenvalue weighted by Gasteiger charge is -2.30. The van der Waals surface area contributed by atoms with Crippen molar-refractivity contribution in [3.63, 3.8) is 0 Å². The smallest absolute Gasteiger partial charge is 0.339 e. The summed E-state index contributed by atoms with van der Waals surface area (Å²) in [6.45, 7) is 9.37. The lowest BCUT2D eigenvalue weighted by Crippen LogP contribution is -2.42. The molecule has 1 aromatic carbocycles. The summed E-state index contributed by atoms with van der Waals surface area (Å²) in [7, 11) is -4.03. The Kier molecular flexibility index (Phi) is 7.28. The summed E-state index contributed by atoms with van der Waals surface area (Å²) in [4.78, 5) is 27.7. The molecule has 0 saturated carbocycles. The Labute approximate surface area is 161 Å². The molecule has 2 saturated heterocycles. The van der Waals surface area contributed by atoms with E-state index in [9.17, 15) is 19.5 Å². The monoisotopic (exact) mass is 398 g/mol. The van der Waals surface area contributed by atoms with Gasteiger partial charge in [-0.15, -0.1) is 0 Å². The van der Waals surface area contributed by atoms with Crippen LogP contribution in [0.15, 0.2) is 24.3 Å². The fourth-order valence-corrected chi connectivity index (χ4v) is 4.56. The number of phenolic OH excluding ortho intramolecular Hbond substituents is 1. The van der Waals surface area contributed by atoms with Gasteiger partial charge in [0.1, 0.15) is 12.0 Å². The first-order valence-electron chi connectivity index (χ1n) is 9.60. The molecule has 0 aliphatic carbocycles. The molecule has 9 heteroatoms. The van der Waals surface area contributed by atoms with Crippen LogP contribution in [0.1, 0.15) is 5.56 Å². The van der Waals surface area contributed by atoms with Crippen molar-refractivity contribution in [2.45, 2.75) is 6.54 Å². The predicted molar refractivity (Wildman–Crippen MR) is 105 cm³/mol. The minimum atomic E-state index is -4.03. The number of rotatable bonds is 4. The van der Waals surface area contributed by atoms with Gasteiger partial charge in [-0.25, -0.2) is 0 Å². The van der Waals surface area contributed by atoms with Crippen LogP contribution < -0.4 is 0 Å². The van der Waals surface area contributed by atoms with E-state index in [0.717, 1.165) is 64.5 Å². The van der Waals surface area contributed by atoms with Gasteiger partial charge < -0.3 is 14.9 Å². The topological polar surface area (TPSA) is 90.7 Å². The van der Waals surface area contributed by atoms with Crippen LogP contribution in [0.2, 0.25) is 0 Å². The van der Waals surface area contributed by atoms with E-state index >= 15 is 0 Å². The van der Waals surface area contributed by atoms with E-state index in [-0.39, 0.29) is 6.29 Å². The number of hydrogen-bond donors (Lipinski definition) is 3. The maximum absolute atomic E-state index is 11.4. The molecule has 1 aromatic rings. The second kappa shape index (κ2) is 9.47. The molecule has 2 bridgehead atoms. The number of nitrogens with zero attached hydrogens (tertiary/aromatic N) is 4. The zero-order chi connectivity index (χ0) is 19.3. The lowest BCUT2D eigenvalue weighted by atomic mass is 10.2. The number of phenols is 1. The van der Waals surface area contributed by atoms with Gasteiger partial charge in [-0.3, -0.25) is 24.2 Å². The minimum absolute atomic E-state index is 0.159. The quantitative estimate of drug-likeness (QED) is 0.623. The predicted octanol–water partition coefficient (Wildman–Crippen LogP) is 0.263. The Bertz CT molecular complexity index is 636. The molecule has 0 radical (unpaired) electrons. The summed E-state index contributed by atoms with van der Waals surface area (Å²) in [5.74, 6) is 0.347. The van der Waals surface area contributed by atoms with Crippen LogP contribution in [0, 0.1) is 0 Å². The van der Waals surface area contributed by atoms with Crippen molar-refractivity contribution >= 4 is 7.60 Å². The molecule has 2 heterocycles. The molecule has 152 valence electrons. The van der Waals surface area contributed by atoms with Crippen molar-refractivity contribution in [1.82, 2.24) is 19.6 Å². The van der Waals surface area contributed by atoms with Crippen molar-refractivity contribution in [1.29, 1.82) is 0 Å². The van der Waals surface area contributed by atoms with Crippen LogP contribution in [0.3, 0.4) is 0 Å². The van der Waals surface area contributed by atoms with Crippen LogP contribution in [0.5, 0.6) is 5.75 Å². The number of fused-ring (bicyclic) bond motifs is 3. The van der Waals surface area contributed by atoms with Gasteiger partial charge in [-0.2, -0.15) is 0 Å². The van der Waals surface area contributed by atoms with E-state index < -0.39 is 7.60 Å². The molecule has 27 heavy (non-hydrogen) atoms. The molecule has 8 nitrogen and oxygen atoms in total. The van der Waals surface area contributed by atoms with Crippen molar-refractivity contribution in [2.24, 2.45) is 0 Å². The molecular weight excluding hydrogens is 367 g/mol. The molecule has 0 aromatic heterocycles. The average molecular weight is 398 g/mol. The Balaban J connectivity index is 1.64. The van der Waals surface area contributed by atoms with Crippen molar-refractivity contribution in [3.8, 4) is 5.75 Å². The van der Waals surface area contributed by atoms with Crippen molar-refractivity contribution in [3.05, 3.63) is 29.8 Å². The standard InChI is InChI=1S/C18H31N4O4P/c23-18-4-2-1-3-17(18)15-21-11-7-19-5-6-20(8-12-21)10-14-22(13-9-19)16-27(24,25)26/h1-4,23H,5-16H2,(H2,24,25,26). The second-order valence-electron chi connectivity index (χ2n) is 7.51. The maximum atomic E-state index is 11.4. The molecule has 2 unspecified atom stereocenters. The third-order valence-corrected chi connectivity index (χ3v) is 6.20. The molecule has 3 rings (SSSR count). The van der Waals surface area contributed by atoms with E-state index in [1.807, 2.05) is 23.1 Å². The van der Waals surface area contributed by atoms with Gasteiger partial charge in [0.2, 0.25) is 0 Å². The van der Waals surface area contributed by atoms with Gasteiger partial charge in [-0.05, 0) is 6.07 Å². The van der Waals surface area contributed by atoms with E-state index in [2.05, 4.69) is 14.7 Å². The van der Waals surface area contributed by atoms with Gasteiger partial charge in [0.25, 0.3) is 0 Å². The normalized spacial score (nSPS) is 26.4. The molecule has 3 N–H and O–H groups in total. The van der Waals surface area contributed by atoms with E-state index in [4.69, 9.17) is 0 Å². The first-order chi connectivity index (χ1) is 12.9. The molecular formula is C18H31N4O4P. The molecule has 0 spiro atoms. The zero-order valence-electron chi connectivity index (χ0n) is 15.8. The van der Waals surface area contributed by atoms with Gasteiger partial charge >= 0.3 is 7.60 Å². The maximum Gasteiger partial charge on any atom is 0.339 e. The average Bonchev–Trinajstić information content (AvgIpc) is 2.75. The van der Waals surface area contributed by atoms with Crippen LogP contribution >= 0.6 is 7.60 Å². The van der Waals surface area contributed by atoms with E-state index in [0.29, 0.717) is 18.8 Å². The zero-order valence-corrected chi connectivity index (χ0v) is 16.7. The molecule has 2 aliphatic heterocycles. The van der Waals surface area contributed by atoms with Crippen molar-refractivity contribution in [2.75, 3.05) is 71.7 Å². The second-order valence-corrected chi connectivity index (χ2v) is 9.12. The summed E-state index contributed by atoms with van der Waals surface area (Å²) >= 11 is 0. The fraction of sp³-hybridized carbons (Fsp3) is 0.667. The van der Waals surface area contributed by atoms with Crippen LogP contribution in [0.25, 0.3) is 0 Å². The Morgan fingerprint density at radius 3 is 1.78 bits per heavy atom. The number of aromatic hydroxyl groups is 1. The highest BCUT2D eigenvalue weighted by atomic mass is 31.2. The van der Waals surface area contributed by atoms with E-state index in [1.165, 1.54) is 0 Å². The highest BCUT2D eigenvalue weighted by Crippen LogP contribution is 2.35.